The molecule has 10 aromatic carbocycles. The third-order valence-corrected chi connectivity index (χ3v) is 23.4. The molecule has 0 atom stereocenters. The molecule has 0 aliphatic rings. The normalized spacial score (nSPS) is 11.8. The van der Waals surface area contributed by atoms with Crippen LogP contribution in [0.5, 0.6) is 28.7 Å². The van der Waals surface area contributed by atoms with Crippen molar-refractivity contribution in [1.29, 1.82) is 0 Å². The van der Waals surface area contributed by atoms with Crippen molar-refractivity contribution >= 4 is 79.0 Å². The zero-order chi connectivity index (χ0) is 98.1. The third kappa shape index (κ3) is 28.1. The molecule has 5 heterocycles. The lowest BCUT2D eigenvalue weighted by Crippen LogP contribution is -2.16. The second-order valence-corrected chi connectivity index (χ2v) is 38.6. The molecular formula is C108H131N15O14. The van der Waals surface area contributed by atoms with E-state index < -0.39 is 11.9 Å². The Kier molecular flexibility index (Phi) is 35.0. The van der Waals surface area contributed by atoms with Crippen molar-refractivity contribution in [3.05, 3.63) is 238 Å². The number of fused-ring (bicyclic) bond motifs is 5. The lowest BCUT2D eigenvalue weighted by molar-refractivity contribution is -0.152. The van der Waals surface area contributed by atoms with E-state index in [1.807, 2.05) is 226 Å². The lowest BCUT2D eigenvalue weighted by atomic mass is 9.84. The summed E-state index contributed by atoms with van der Waals surface area (Å²) in [7, 11) is 0. The molecule has 0 aliphatic heterocycles. The summed E-state index contributed by atoms with van der Waals surface area (Å²) in [6.45, 7) is 28.8. The summed E-state index contributed by atoms with van der Waals surface area (Å²) < 4.78 is 21.1. The monoisotopic (exact) mass is 1860 g/mol. The van der Waals surface area contributed by atoms with Gasteiger partial charge in [-0.2, -0.15) is 0 Å². The van der Waals surface area contributed by atoms with Crippen LogP contribution in [0, 0.1) is 0 Å². The molecule has 15 rings (SSSR count). The minimum Gasteiger partial charge on any atom is -0.506 e. The van der Waals surface area contributed by atoms with Gasteiger partial charge in [0, 0.05) is 47.9 Å². The minimum atomic E-state index is -0.433. The number of carbonyl (C=O) groups is 4. The van der Waals surface area contributed by atoms with Crippen LogP contribution in [0.25, 0.3) is 83.6 Å². The van der Waals surface area contributed by atoms with Crippen molar-refractivity contribution in [3.63, 3.8) is 0 Å². The number of rotatable bonds is 36. The Morgan fingerprint density at radius 2 is 0.489 bits per heavy atom. The molecule has 0 amide bonds. The van der Waals surface area contributed by atoms with Gasteiger partial charge in [0.15, 0.2) is 0 Å². The molecule has 0 unspecified atom stereocenters. The smallest absolute Gasteiger partial charge is 0.306 e. The van der Waals surface area contributed by atoms with Gasteiger partial charge >= 0.3 is 23.9 Å². The molecule has 29 nitrogen and oxygen atoms in total. The van der Waals surface area contributed by atoms with Crippen molar-refractivity contribution in [3.8, 4) is 57.2 Å². The molecule has 0 fully saturated rings. The summed E-state index contributed by atoms with van der Waals surface area (Å²) in [6.07, 6.45) is 18.1. The first kappa shape index (κ1) is 102. The highest BCUT2D eigenvalue weighted by Gasteiger charge is 2.30. The Bertz CT molecular complexity index is 6290. The Morgan fingerprint density at radius 1 is 0.263 bits per heavy atom. The van der Waals surface area contributed by atoms with Gasteiger partial charge in [0.05, 0.1) is 13.2 Å². The molecular weight excluding hydrogens is 1730 g/mol. The molecule has 0 saturated carbocycles. The summed E-state index contributed by atoms with van der Waals surface area (Å²) in [4.78, 5) is 56.7. The molecule has 5 aromatic heterocycles. The fourth-order valence-electron chi connectivity index (χ4n) is 15.8. The van der Waals surface area contributed by atoms with E-state index in [4.69, 9.17) is 24.1 Å². The van der Waals surface area contributed by atoms with E-state index in [0.29, 0.717) is 100 Å². The van der Waals surface area contributed by atoms with E-state index in [-0.39, 0.29) is 108 Å². The molecule has 0 spiro atoms. The van der Waals surface area contributed by atoms with Crippen LogP contribution in [0.1, 0.15) is 250 Å². The number of hydrogen-bond acceptors (Lipinski definition) is 24. The van der Waals surface area contributed by atoms with Crippen LogP contribution in [0.3, 0.4) is 0 Å². The van der Waals surface area contributed by atoms with Crippen molar-refractivity contribution in [2.45, 2.75) is 253 Å². The highest BCUT2D eigenvalue weighted by molar-refractivity contribution is 5.79. The van der Waals surface area contributed by atoms with Gasteiger partial charge in [0.2, 0.25) is 0 Å². The number of benzene rings is 10. The zero-order valence-corrected chi connectivity index (χ0v) is 81.4. The maximum Gasteiger partial charge on any atom is 0.306 e. The minimum absolute atomic E-state index is 0.00328. The topological polar surface area (TPSA) is 380 Å². The van der Waals surface area contributed by atoms with Crippen molar-refractivity contribution in [1.82, 2.24) is 75.0 Å². The van der Waals surface area contributed by atoms with E-state index >= 15 is 0 Å². The maximum atomic E-state index is 12.7. The highest BCUT2D eigenvalue weighted by Crippen LogP contribution is 2.42. The Hall–Kier alpha value is -14.0. The Morgan fingerprint density at radius 3 is 0.745 bits per heavy atom. The standard InChI is InChI=1S/C40H44N6O6.C27H37N3O3.C21H25N3O4.C20H25N3O/c1-39(2,3)27-21-25(23-33(37(27)49)45-41-29-11-7-8-12-30(29)42-45)15-17-35(47)51-19-20-52-36(48)18-16-26-22-28(40(4,5)6)38(50)34(24-26)46-43-31-13-9-10-14-32(31)44-46;1-5-6-7-8-9-12-17-33-25(31)16-15-20-18-21(27(2,3)4)26(32)24(19-20)30-28-22-13-10-11-14-23(22)29-30;1-21(2,3)15-12-14(8-9-19(26)28-11-10-25)13-18(20(15)27)24-22-16-6-4-5-7-17(16)23-24;1-2-3-4-5-6-7-10-16-13-14-20(24)19(15-16)23-21-17-11-8-9-12-18(17)22-23/h7-14,21-24,49-50H,15-20H2,1-6H3;10-11,13-14,18-19,32H,5-9,12,15-17H2,1-4H3;4-7,12-13,25,27H,8-11H2,1-3H3;8-9,11-15,24H,2-7,10H2,1H3. The number of phenolic OH excluding ortho intramolecular Hbond substituents is 5. The lowest BCUT2D eigenvalue weighted by Gasteiger charge is -2.23. The summed E-state index contributed by atoms with van der Waals surface area (Å²) in [5.41, 5.74) is 16.3. The van der Waals surface area contributed by atoms with E-state index in [2.05, 4.69) is 85.6 Å². The summed E-state index contributed by atoms with van der Waals surface area (Å²) in [6, 6.07) is 58.4. The van der Waals surface area contributed by atoms with Crippen LogP contribution in [0.15, 0.2) is 188 Å². The third-order valence-electron chi connectivity index (χ3n) is 23.4. The van der Waals surface area contributed by atoms with E-state index in [1.54, 1.807) is 24.3 Å². The van der Waals surface area contributed by atoms with Gasteiger partial charge in [-0.15, -0.1) is 75.0 Å². The van der Waals surface area contributed by atoms with Gasteiger partial charge in [-0.05, 0) is 191 Å². The number of aliphatic hydroxyl groups is 1. The van der Waals surface area contributed by atoms with Crippen LogP contribution in [0.4, 0.5) is 0 Å². The first-order valence-electron chi connectivity index (χ1n) is 47.7. The summed E-state index contributed by atoms with van der Waals surface area (Å²) in [5, 5.41) is 108. The quantitative estimate of drug-likeness (QED) is 0.0121. The van der Waals surface area contributed by atoms with Gasteiger partial charge in [-0.3, -0.25) is 19.2 Å². The van der Waals surface area contributed by atoms with E-state index in [9.17, 15) is 44.7 Å². The molecule has 0 radical (unpaired) electrons. The number of ether oxygens (including phenoxy) is 4. The van der Waals surface area contributed by atoms with Crippen LogP contribution in [0.2, 0.25) is 0 Å². The van der Waals surface area contributed by atoms with Crippen molar-refractivity contribution < 1.29 is 68.8 Å². The number of phenols is 5. The largest absolute Gasteiger partial charge is 0.506 e. The number of esters is 4. The van der Waals surface area contributed by atoms with Crippen molar-refractivity contribution in [2.75, 3.05) is 33.0 Å². The molecule has 0 saturated heterocycles. The molecule has 137 heavy (non-hydrogen) atoms. The van der Waals surface area contributed by atoms with Gasteiger partial charge < -0.3 is 49.6 Å². The van der Waals surface area contributed by atoms with E-state index in [0.717, 1.165) is 85.7 Å². The van der Waals surface area contributed by atoms with Gasteiger partial charge in [0.25, 0.3) is 0 Å². The van der Waals surface area contributed by atoms with Crippen LogP contribution in [-0.2, 0) is 91.9 Å². The molecule has 6 N–H and O–H groups in total. The first-order valence-corrected chi connectivity index (χ1v) is 47.7. The second kappa shape index (κ2) is 47.0. The average Bonchev–Trinajstić information content (AvgIpc) is 1.64. The zero-order valence-electron chi connectivity index (χ0n) is 81.4. The Balaban J connectivity index is 0.000000172. The van der Waals surface area contributed by atoms with Gasteiger partial charge in [-0.25, -0.2) is 0 Å². The van der Waals surface area contributed by atoms with Gasteiger partial charge in [-0.1, -0.05) is 252 Å². The molecule has 722 valence electrons. The molecule has 15 aromatic rings. The molecule has 0 aliphatic carbocycles. The first-order chi connectivity index (χ1) is 65.5. The fourth-order valence-corrected chi connectivity index (χ4v) is 15.8. The van der Waals surface area contributed by atoms with Crippen LogP contribution in [-0.4, -0.2) is 163 Å². The van der Waals surface area contributed by atoms with Crippen LogP contribution < -0.4 is 0 Å². The number of carbonyl (C=O) groups excluding carboxylic acids is 4. The summed E-state index contributed by atoms with van der Waals surface area (Å²) in [5.74, 6) is -0.745. The Labute approximate surface area is 800 Å². The number of aryl methyl sites for hydroxylation is 5. The summed E-state index contributed by atoms with van der Waals surface area (Å²) >= 11 is 0. The number of unbranched alkanes of at least 4 members (excludes halogenated alkanes) is 10. The highest BCUT2D eigenvalue weighted by atomic mass is 16.6. The molecule has 0 bridgehead atoms. The SMILES string of the molecule is CC(C)(C)c1cc(CCC(=O)OCCO)cc(-n2nc3ccccc3n2)c1O.CC(C)(C)c1cc(CCC(=O)OCCOC(=O)CCc2cc(-n3nc4ccccc4n3)c(O)c(C(C)(C)C)c2)cc(-n2nc3ccccc3n2)c1O.CCCCCCCCOC(=O)CCc1cc(-n2nc3ccccc3n2)c(O)c(C(C)(C)C)c1.CCCCCCCCc1ccc(O)c(-n2nc3ccccc3n2)c1. The van der Waals surface area contributed by atoms with E-state index in [1.165, 1.54) is 93.8 Å². The molecule has 29 heteroatoms. The fraction of sp³-hybridized carbons (Fsp3) is 0.407. The number of aromatic nitrogens is 15. The second-order valence-electron chi connectivity index (χ2n) is 38.6. The number of aliphatic hydroxyl groups excluding tert-OH is 1. The van der Waals surface area contributed by atoms with Crippen LogP contribution >= 0.6 is 0 Å². The van der Waals surface area contributed by atoms with Gasteiger partial charge in [0.1, 0.15) is 132 Å². The predicted octanol–water partition coefficient (Wildman–Crippen LogP) is 21.0. The van der Waals surface area contributed by atoms with Crippen molar-refractivity contribution in [2.24, 2.45) is 0 Å². The predicted molar refractivity (Wildman–Crippen MR) is 532 cm³/mol. The number of hydrogen-bond donors (Lipinski definition) is 6. The number of nitrogens with zero attached hydrogens (tertiary/aromatic N) is 15. The number of aromatic hydroxyl groups is 5. The maximum absolute atomic E-state index is 12.7. The average molecular weight is 1860 g/mol.